The molecule has 162 valence electrons. The van der Waals surface area contributed by atoms with Crippen molar-refractivity contribution in [2.24, 2.45) is 0 Å². The molecule has 0 radical (unpaired) electrons. The molecule has 0 saturated heterocycles. The molecule has 0 bridgehead atoms. The predicted molar refractivity (Wildman–Crippen MR) is 123 cm³/mol. The first-order valence-electron chi connectivity index (χ1n) is 9.77. The van der Waals surface area contributed by atoms with Gasteiger partial charge in [0.15, 0.2) is 5.13 Å². The summed E-state index contributed by atoms with van der Waals surface area (Å²) in [5, 5.41) is 5.45. The van der Waals surface area contributed by atoms with Crippen LogP contribution in [0.2, 0.25) is 0 Å². The molecule has 2 N–H and O–H groups in total. The first-order chi connectivity index (χ1) is 14.9. The van der Waals surface area contributed by atoms with Gasteiger partial charge < -0.3 is 10.1 Å². The maximum Gasteiger partial charge on any atom is 0.237 e. The van der Waals surface area contributed by atoms with E-state index in [1.807, 2.05) is 17.5 Å². The molecule has 3 aromatic rings. The highest BCUT2D eigenvalue weighted by Gasteiger charge is 2.34. The van der Waals surface area contributed by atoms with E-state index >= 15 is 0 Å². The van der Waals surface area contributed by atoms with E-state index in [4.69, 9.17) is 4.74 Å². The van der Waals surface area contributed by atoms with E-state index in [1.54, 1.807) is 45.6 Å². The Labute approximate surface area is 187 Å². The average Bonchev–Trinajstić information content (AvgIpc) is 3.53. The zero-order chi connectivity index (χ0) is 22.0. The molecule has 10 heteroatoms. The smallest absolute Gasteiger partial charge is 0.237 e. The normalized spacial score (nSPS) is 14.7. The highest BCUT2D eigenvalue weighted by atomic mass is 32.2. The summed E-state index contributed by atoms with van der Waals surface area (Å²) in [4.78, 5) is 25.9. The highest BCUT2D eigenvalue weighted by molar-refractivity contribution is 7.87. The number of anilines is 2. The molecule has 1 atom stereocenters. The van der Waals surface area contributed by atoms with Gasteiger partial charge in [0.1, 0.15) is 22.6 Å². The summed E-state index contributed by atoms with van der Waals surface area (Å²) in [5.74, 6) is 0.881. The van der Waals surface area contributed by atoms with E-state index in [0.29, 0.717) is 22.4 Å². The zero-order valence-electron chi connectivity index (χ0n) is 17.4. The van der Waals surface area contributed by atoms with E-state index in [1.165, 1.54) is 11.3 Å². The van der Waals surface area contributed by atoms with Crippen molar-refractivity contribution in [1.82, 2.24) is 15.0 Å². The zero-order valence-corrected chi connectivity index (χ0v) is 19.0. The van der Waals surface area contributed by atoms with Gasteiger partial charge in [-0.2, -0.15) is 0 Å². The van der Waals surface area contributed by atoms with Crippen molar-refractivity contribution in [1.29, 1.82) is 0 Å². The largest absolute Gasteiger partial charge is 0.495 e. The number of hydrogen-bond acceptors (Lipinski definition) is 7. The van der Waals surface area contributed by atoms with Crippen LogP contribution in [0.25, 0.3) is 11.1 Å². The van der Waals surface area contributed by atoms with Crippen molar-refractivity contribution in [3.8, 4) is 16.9 Å². The number of ether oxygens (including phenoxy) is 1. The van der Waals surface area contributed by atoms with Crippen LogP contribution in [0.4, 0.5) is 10.9 Å². The van der Waals surface area contributed by atoms with E-state index in [9.17, 15) is 9.00 Å². The summed E-state index contributed by atoms with van der Waals surface area (Å²) in [6.07, 6.45) is 7.00. The Morgan fingerprint density at radius 3 is 2.71 bits per heavy atom. The maximum absolute atomic E-state index is 12.9. The quantitative estimate of drug-likeness (QED) is 0.533. The molecule has 1 aliphatic carbocycles. The van der Waals surface area contributed by atoms with Gasteiger partial charge in [-0.25, -0.2) is 14.2 Å². The number of nitrogens with zero attached hydrogens (tertiary/aromatic N) is 3. The van der Waals surface area contributed by atoms with Crippen LogP contribution < -0.4 is 14.8 Å². The van der Waals surface area contributed by atoms with Crippen LogP contribution in [-0.2, 0) is 21.2 Å². The first kappa shape index (κ1) is 21.4. The van der Waals surface area contributed by atoms with Gasteiger partial charge in [0.2, 0.25) is 5.91 Å². The Kier molecular flexibility index (Phi) is 6.01. The molecule has 0 aromatic carbocycles. The van der Waals surface area contributed by atoms with Gasteiger partial charge in [-0.05, 0) is 44.9 Å². The highest BCUT2D eigenvalue weighted by Crippen LogP contribution is 2.31. The SMILES string of the molecule is COc1cncc(-c2ccc(NC(=O)C(C)(C)c3csc(NS(=O)C4CC4)n3)nc2)c1. The maximum atomic E-state index is 12.9. The van der Waals surface area contributed by atoms with E-state index < -0.39 is 16.4 Å². The average molecular weight is 458 g/mol. The lowest BCUT2D eigenvalue weighted by Gasteiger charge is -2.21. The van der Waals surface area contributed by atoms with Crippen molar-refractivity contribution in [2.75, 3.05) is 17.1 Å². The minimum absolute atomic E-state index is 0.213. The number of carbonyl (C=O) groups excluding carboxylic acids is 1. The summed E-state index contributed by atoms with van der Waals surface area (Å²) in [7, 11) is 0.478. The van der Waals surface area contributed by atoms with E-state index in [0.717, 1.165) is 24.0 Å². The predicted octanol–water partition coefficient (Wildman–Crippen LogP) is 3.76. The summed E-state index contributed by atoms with van der Waals surface area (Å²) in [6, 6.07) is 5.48. The Morgan fingerprint density at radius 1 is 1.23 bits per heavy atom. The van der Waals surface area contributed by atoms with Gasteiger partial charge in [0.25, 0.3) is 0 Å². The summed E-state index contributed by atoms with van der Waals surface area (Å²) < 4.78 is 20.2. The number of methoxy groups -OCH3 is 1. The fourth-order valence-corrected chi connectivity index (χ4v) is 4.88. The lowest BCUT2D eigenvalue weighted by atomic mass is 9.89. The van der Waals surface area contributed by atoms with Crippen LogP contribution in [0.1, 0.15) is 32.4 Å². The van der Waals surface area contributed by atoms with Gasteiger partial charge in [-0.1, -0.05) is 0 Å². The molecule has 3 aromatic heterocycles. The lowest BCUT2D eigenvalue weighted by molar-refractivity contribution is -0.120. The van der Waals surface area contributed by atoms with Crippen LogP contribution in [0.5, 0.6) is 5.75 Å². The third kappa shape index (κ3) is 4.91. The first-order valence-corrected chi connectivity index (χ1v) is 11.9. The molecule has 3 heterocycles. The summed E-state index contributed by atoms with van der Waals surface area (Å²) in [6.45, 7) is 3.60. The van der Waals surface area contributed by atoms with Gasteiger partial charge in [0.05, 0.1) is 29.7 Å². The Morgan fingerprint density at radius 2 is 2.03 bits per heavy atom. The second-order valence-corrected chi connectivity index (χ2v) is 10.1. The number of amides is 1. The van der Waals surface area contributed by atoms with E-state index in [-0.39, 0.29) is 11.2 Å². The Balaban J connectivity index is 1.43. The second kappa shape index (κ2) is 8.72. The fourth-order valence-electron chi connectivity index (χ4n) is 2.77. The van der Waals surface area contributed by atoms with Crippen molar-refractivity contribution in [2.45, 2.75) is 37.4 Å². The number of thiazole rings is 1. The standard InChI is InChI=1S/C21H23N5O3S2/c1-21(2,17-12-30-20(24-17)26-31(28)16-5-6-16)19(27)25-18-7-4-13(10-23-18)14-8-15(29-3)11-22-9-14/h4,7-12,16H,5-6H2,1-3H3,(H,24,26)(H,23,25,27). The van der Waals surface area contributed by atoms with Crippen LogP contribution >= 0.6 is 11.3 Å². The minimum atomic E-state index is -1.11. The van der Waals surface area contributed by atoms with Crippen LogP contribution in [-0.4, -0.2) is 37.4 Å². The minimum Gasteiger partial charge on any atom is -0.495 e. The van der Waals surface area contributed by atoms with Gasteiger partial charge in [-0.15, -0.1) is 11.3 Å². The number of rotatable bonds is 8. The molecule has 1 aliphatic rings. The Hall–Kier alpha value is -2.85. The van der Waals surface area contributed by atoms with Crippen LogP contribution in [0.15, 0.2) is 42.2 Å². The molecular weight excluding hydrogens is 434 g/mol. The molecule has 1 unspecified atom stereocenters. The van der Waals surface area contributed by atoms with Crippen LogP contribution in [0.3, 0.4) is 0 Å². The van der Waals surface area contributed by atoms with Crippen molar-refractivity contribution < 1.29 is 13.7 Å². The molecule has 1 amide bonds. The molecule has 4 rings (SSSR count). The van der Waals surface area contributed by atoms with Gasteiger partial charge >= 0.3 is 0 Å². The molecule has 31 heavy (non-hydrogen) atoms. The second-order valence-electron chi connectivity index (χ2n) is 7.76. The summed E-state index contributed by atoms with van der Waals surface area (Å²) >= 11 is 1.35. The van der Waals surface area contributed by atoms with Crippen molar-refractivity contribution in [3.63, 3.8) is 0 Å². The van der Waals surface area contributed by atoms with Gasteiger partial charge in [0, 0.05) is 28.9 Å². The molecule has 0 aliphatic heterocycles. The van der Waals surface area contributed by atoms with Gasteiger partial charge in [-0.3, -0.25) is 14.5 Å². The third-order valence-corrected chi connectivity index (χ3v) is 7.37. The fraction of sp³-hybridized carbons (Fsp3) is 0.333. The number of nitrogens with one attached hydrogen (secondary N) is 2. The number of pyridine rings is 2. The molecule has 0 spiro atoms. The molecule has 1 saturated carbocycles. The number of aromatic nitrogens is 3. The lowest BCUT2D eigenvalue weighted by Crippen LogP contribution is -2.35. The summed E-state index contributed by atoms with van der Waals surface area (Å²) in [5.41, 5.74) is 1.47. The molecule has 8 nitrogen and oxygen atoms in total. The number of carbonyl (C=O) groups is 1. The van der Waals surface area contributed by atoms with Crippen LogP contribution in [0, 0.1) is 0 Å². The Bertz CT molecular complexity index is 1110. The van der Waals surface area contributed by atoms with E-state index in [2.05, 4.69) is 25.0 Å². The monoisotopic (exact) mass is 457 g/mol. The molecule has 1 fully saturated rings. The third-order valence-electron chi connectivity index (χ3n) is 5.01. The van der Waals surface area contributed by atoms with Crippen molar-refractivity contribution >= 4 is 39.2 Å². The van der Waals surface area contributed by atoms with Crippen molar-refractivity contribution in [3.05, 3.63) is 47.9 Å². The molecular formula is C21H23N5O3S2. The topological polar surface area (TPSA) is 106 Å². The number of hydrogen-bond donors (Lipinski definition) is 2.